The first-order chi connectivity index (χ1) is 11.5. The molecule has 0 amide bonds. The van der Waals surface area contributed by atoms with Gasteiger partial charge in [-0.3, -0.25) is 4.79 Å². The number of para-hydroxylation sites is 1. The zero-order chi connectivity index (χ0) is 17.1. The molecule has 0 fully saturated rings. The highest BCUT2D eigenvalue weighted by atomic mass is 79.9. The molecule has 0 radical (unpaired) electrons. The van der Waals surface area contributed by atoms with Crippen molar-refractivity contribution in [1.29, 1.82) is 0 Å². The first kappa shape index (κ1) is 16.6. The van der Waals surface area contributed by atoms with Gasteiger partial charge in [0.2, 0.25) is 0 Å². The standard InChI is InChI=1S/C17H13BrN2O3S/c1-10(23-15(21)9-7-11-6-8-14(18)24-11)16-19-13-5-3-2-4-12(13)17(22)20-16/h2-10H,1H3,(H,19,20,22)/b9-7+/t10-/m0/s1. The third-order valence-corrected chi connectivity index (χ3v) is 4.88. The maximum atomic E-state index is 12.0. The highest BCUT2D eigenvalue weighted by molar-refractivity contribution is 9.11. The summed E-state index contributed by atoms with van der Waals surface area (Å²) in [5.74, 6) is -0.179. The summed E-state index contributed by atoms with van der Waals surface area (Å²) in [5.41, 5.74) is 0.315. The molecule has 0 aliphatic rings. The molecular weight excluding hydrogens is 392 g/mol. The number of nitrogens with one attached hydrogen (secondary N) is 1. The monoisotopic (exact) mass is 404 g/mol. The van der Waals surface area contributed by atoms with Crippen LogP contribution in [0.5, 0.6) is 0 Å². The molecule has 0 unspecified atom stereocenters. The van der Waals surface area contributed by atoms with Crippen molar-refractivity contribution in [3.8, 4) is 0 Å². The average molecular weight is 405 g/mol. The summed E-state index contributed by atoms with van der Waals surface area (Å²) in [4.78, 5) is 31.9. The Labute approximate surface area is 150 Å². The molecule has 2 aromatic heterocycles. The molecule has 3 rings (SSSR count). The van der Waals surface area contributed by atoms with Gasteiger partial charge in [0.05, 0.1) is 14.7 Å². The minimum Gasteiger partial charge on any atom is -0.451 e. The summed E-state index contributed by atoms with van der Waals surface area (Å²) >= 11 is 4.87. The van der Waals surface area contributed by atoms with E-state index in [1.807, 2.05) is 12.1 Å². The normalized spacial score (nSPS) is 12.6. The number of rotatable bonds is 4. The maximum absolute atomic E-state index is 12.0. The highest BCUT2D eigenvalue weighted by Crippen LogP contribution is 2.23. The first-order valence-corrected chi connectivity index (χ1v) is 8.77. The molecule has 1 aromatic carbocycles. The number of carbonyl (C=O) groups excluding carboxylic acids is 1. The number of aromatic nitrogens is 2. The lowest BCUT2D eigenvalue weighted by Gasteiger charge is -2.11. The van der Waals surface area contributed by atoms with Gasteiger partial charge in [-0.2, -0.15) is 0 Å². The average Bonchev–Trinajstić information content (AvgIpc) is 2.98. The van der Waals surface area contributed by atoms with Gasteiger partial charge in [0.1, 0.15) is 0 Å². The smallest absolute Gasteiger partial charge is 0.331 e. The minimum atomic E-state index is -0.658. The van der Waals surface area contributed by atoms with Crippen LogP contribution >= 0.6 is 27.3 Å². The van der Waals surface area contributed by atoms with Gasteiger partial charge in [-0.1, -0.05) is 12.1 Å². The van der Waals surface area contributed by atoms with Crippen molar-refractivity contribution in [3.05, 3.63) is 67.3 Å². The number of H-pyrrole nitrogens is 1. The Kier molecular flexibility index (Phi) is 4.92. The number of hydrogen-bond acceptors (Lipinski definition) is 5. The van der Waals surface area contributed by atoms with Crippen LogP contribution in [0, 0.1) is 0 Å². The minimum absolute atomic E-state index is 0.252. The van der Waals surface area contributed by atoms with E-state index in [0.717, 1.165) is 8.66 Å². The van der Waals surface area contributed by atoms with Gasteiger partial charge in [0.25, 0.3) is 5.56 Å². The van der Waals surface area contributed by atoms with Crippen molar-refractivity contribution in [2.75, 3.05) is 0 Å². The number of benzene rings is 1. The number of esters is 1. The van der Waals surface area contributed by atoms with Crippen LogP contribution in [0.15, 0.2) is 51.1 Å². The molecule has 3 aromatic rings. The van der Waals surface area contributed by atoms with Crippen molar-refractivity contribution in [2.24, 2.45) is 0 Å². The number of halogens is 1. The molecule has 5 nitrogen and oxygen atoms in total. The van der Waals surface area contributed by atoms with E-state index in [1.165, 1.54) is 17.4 Å². The van der Waals surface area contributed by atoms with Crippen molar-refractivity contribution in [1.82, 2.24) is 9.97 Å². The fourth-order valence-corrected chi connectivity index (χ4v) is 3.46. The van der Waals surface area contributed by atoms with Gasteiger partial charge in [-0.05, 0) is 53.2 Å². The van der Waals surface area contributed by atoms with Crippen LogP contribution in [0.2, 0.25) is 0 Å². The van der Waals surface area contributed by atoms with E-state index in [0.29, 0.717) is 16.7 Å². The second-order valence-corrected chi connectivity index (χ2v) is 7.52. The summed E-state index contributed by atoms with van der Waals surface area (Å²) in [7, 11) is 0. The van der Waals surface area contributed by atoms with Crippen LogP contribution in [-0.4, -0.2) is 15.9 Å². The van der Waals surface area contributed by atoms with E-state index in [-0.39, 0.29) is 5.56 Å². The summed E-state index contributed by atoms with van der Waals surface area (Å²) in [6.07, 6.45) is 2.38. The van der Waals surface area contributed by atoms with Crippen molar-refractivity contribution in [2.45, 2.75) is 13.0 Å². The molecule has 1 atom stereocenters. The van der Waals surface area contributed by atoms with Crippen LogP contribution in [0.25, 0.3) is 17.0 Å². The zero-order valence-electron chi connectivity index (χ0n) is 12.7. The molecule has 0 aliphatic heterocycles. The first-order valence-electron chi connectivity index (χ1n) is 7.16. The Hall–Kier alpha value is -2.25. The number of aromatic amines is 1. The van der Waals surface area contributed by atoms with Crippen molar-refractivity contribution < 1.29 is 9.53 Å². The molecule has 7 heteroatoms. The Balaban J connectivity index is 1.74. The van der Waals surface area contributed by atoms with Gasteiger partial charge >= 0.3 is 5.97 Å². The summed E-state index contributed by atoms with van der Waals surface area (Å²) < 4.78 is 6.29. The molecule has 0 aliphatic carbocycles. The van der Waals surface area contributed by atoms with Gasteiger partial charge < -0.3 is 9.72 Å². The Bertz CT molecular complexity index is 977. The van der Waals surface area contributed by atoms with Crippen LogP contribution in [0.1, 0.15) is 23.7 Å². The number of ether oxygens (including phenoxy) is 1. The molecular formula is C17H13BrN2O3S. The number of carbonyl (C=O) groups is 1. The lowest BCUT2D eigenvalue weighted by atomic mass is 10.2. The summed E-state index contributed by atoms with van der Waals surface area (Å²) in [6, 6.07) is 10.8. The van der Waals surface area contributed by atoms with E-state index in [4.69, 9.17) is 4.74 Å². The third kappa shape index (κ3) is 3.80. The summed E-state index contributed by atoms with van der Waals surface area (Å²) in [5, 5.41) is 0.503. The molecule has 0 spiro atoms. The second-order valence-electron chi connectivity index (χ2n) is 5.02. The van der Waals surface area contributed by atoms with Gasteiger partial charge in [-0.25, -0.2) is 9.78 Å². The number of fused-ring (bicyclic) bond motifs is 1. The number of nitrogens with zero attached hydrogens (tertiary/aromatic N) is 1. The fraction of sp³-hybridized carbons (Fsp3) is 0.118. The zero-order valence-corrected chi connectivity index (χ0v) is 15.1. The maximum Gasteiger partial charge on any atom is 0.331 e. The molecule has 0 saturated carbocycles. The topological polar surface area (TPSA) is 72.0 Å². The molecule has 2 heterocycles. The predicted molar refractivity (Wildman–Crippen MR) is 97.9 cm³/mol. The van der Waals surface area contributed by atoms with Crippen LogP contribution < -0.4 is 5.56 Å². The second kappa shape index (κ2) is 7.11. The highest BCUT2D eigenvalue weighted by Gasteiger charge is 2.14. The number of hydrogen-bond donors (Lipinski definition) is 1. The molecule has 122 valence electrons. The largest absolute Gasteiger partial charge is 0.451 e. The van der Waals surface area contributed by atoms with Gasteiger partial charge in [0, 0.05) is 11.0 Å². The third-order valence-electron chi connectivity index (χ3n) is 3.29. The predicted octanol–water partition coefficient (Wildman–Crippen LogP) is 4.06. The molecule has 1 N–H and O–H groups in total. The van der Waals surface area contributed by atoms with E-state index < -0.39 is 12.1 Å². The van der Waals surface area contributed by atoms with E-state index in [1.54, 1.807) is 37.3 Å². The van der Waals surface area contributed by atoms with Crippen molar-refractivity contribution >= 4 is 50.2 Å². The van der Waals surface area contributed by atoms with Crippen LogP contribution in [0.4, 0.5) is 0 Å². The molecule has 24 heavy (non-hydrogen) atoms. The van der Waals surface area contributed by atoms with Gasteiger partial charge in [-0.15, -0.1) is 11.3 Å². The Morgan fingerprint density at radius 2 is 2.12 bits per heavy atom. The lowest BCUT2D eigenvalue weighted by Crippen LogP contribution is -2.16. The number of thiophene rings is 1. The van der Waals surface area contributed by atoms with E-state index >= 15 is 0 Å². The SMILES string of the molecule is C[C@H](OC(=O)/C=C/c1ccc(Br)s1)c1nc2ccccc2c(=O)[nH]1. The Morgan fingerprint density at radius 1 is 1.33 bits per heavy atom. The lowest BCUT2D eigenvalue weighted by molar-refractivity contribution is -0.142. The van der Waals surface area contributed by atoms with Gasteiger partial charge in [0.15, 0.2) is 11.9 Å². The summed E-state index contributed by atoms with van der Waals surface area (Å²) in [6.45, 7) is 1.67. The van der Waals surface area contributed by atoms with Crippen LogP contribution in [-0.2, 0) is 9.53 Å². The quantitative estimate of drug-likeness (QED) is 0.525. The Morgan fingerprint density at radius 3 is 2.88 bits per heavy atom. The van der Waals surface area contributed by atoms with E-state index in [2.05, 4.69) is 25.9 Å². The molecule has 0 bridgehead atoms. The van der Waals surface area contributed by atoms with E-state index in [9.17, 15) is 9.59 Å². The van der Waals surface area contributed by atoms with Crippen LogP contribution in [0.3, 0.4) is 0 Å². The fourth-order valence-electron chi connectivity index (χ4n) is 2.13. The molecule has 0 saturated heterocycles. The van der Waals surface area contributed by atoms with Crippen molar-refractivity contribution in [3.63, 3.8) is 0 Å².